The van der Waals surface area contributed by atoms with Gasteiger partial charge in [-0.05, 0) is 53.3 Å². The number of ether oxygens (including phenoxy) is 2. The van der Waals surface area contributed by atoms with Crippen molar-refractivity contribution in [1.29, 1.82) is 0 Å². The zero-order chi connectivity index (χ0) is 24.5. The van der Waals surface area contributed by atoms with E-state index >= 15 is 0 Å². The molecule has 0 spiro atoms. The molecule has 3 aromatic carbocycles. The molecule has 34 heavy (non-hydrogen) atoms. The standard InChI is InChI=1S/C28H31NO5/c1-19-21(10-7-11-23(19)22-8-5-4-6-9-22)13-12-20-16-26(33-2)24(27(17-20)34-3)18-29-25(14-15-30)28(31)32/h4-13,16-17,25,29-30H,14-15,18H2,1-3H3,(H,31,32)/b13-12+. The zero-order valence-electron chi connectivity index (χ0n) is 19.7. The van der Waals surface area contributed by atoms with Crippen LogP contribution in [-0.2, 0) is 11.3 Å². The zero-order valence-corrected chi connectivity index (χ0v) is 19.7. The normalized spacial score (nSPS) is 12.0. The van der Waals surface area contributed by atoms with E-state index in [2.05, 4.69) is 48.6 Å². The molecule has 0 aromatic heterocycles. The molecular formula is C28H31NO5. The van der Waals surface area contributed by atoms with Crippen LogP contribution in [0.3, 0.4) is 0 Å². The van der Waals surface area contributed by atoms with Gasteiger partial charge in [0, 0.05) is 18.7 Å². The molecule has 0 aliphatic rings. The van der Waals surface area contributed by atoms with Gasteiger partial charge in [-0.2, -0.15) is 0 Å². The van der Waals surface area contributed by atoms with Gasteiger partial charge >= 0.3 is 5.97 Å². The monoisotopic (exact) mass is 461 g/mol. The van der Waals surface area contributed by atoms with E-state index in [1.165, 1.54) is 16.7 Å². The lowest BCUT2D eigenvalue weighted by atomic mass is 9.96. The molecule has 3 N–H and O–H groups in total. The van der Waals surface area contributed by atoms with Crippen molar-refractivity contribution in [2.24, 2.45) is 0 Å². The Hall–Kier alpha value is -3.61. The molecule has 0 saturated heterocycles. The van der Waals surface area contributed by atoms with E-state index in [4.69, 9.17) is 14.6 Å². The van der Waals surface area contributed by atoms with E-state index in [9.17, 15) is 9.90 Å². The number of rotatable bonds is 11. The molecule has 0 amide bonds. The van der Waals surface area contributed by atoms with E-state index in [-0.39, 0.29) is 19.6 Å². The van der Waals surface area contributed by atoms with Gasteiger partial charge in [-0.3, -0.25) is 10.1 Å². The van der Waals surface area contributed by atoms with Gasteiger partial charge in [-0.1, -0.05) is 60.7 Å². The summed E-state index contributed by atoms with van der Waals surface area (Å²) in [5.74, 6) is 0.170. The van der Waals surface area contributed by atoms with Crippen LogP contribution >= 0.6 is 0 Å². The largest absolute Gasteiger partial charge is 0.496 e. The fourth-order valence-electron chi connectivity index (χ4n) is 3.89. The Morgan fingerprint density at radius 2 is 1.68 bits per heavy atom. The fraction of sp³-hybridized carbons (Fsp3) is 0.250. The summed E-state index contributed by atoms with van der Waals surface area (Å²) in [5.41, 5.74) is 6.28. The molecule has 3 rings (SSSR count). The summed E-state index contributed by atoms with van der Waals surface area (Å²) < 4.78 is 11.2. The second-order valence-electron chi connectivity index (χ2n) is 7.91. The highest BCUT2D eigenvalue weighted by atomic mass is 16.5. The number of nitrogens with one attached hydrogen (secondary N) is 1. The molecule has 1 atom stereocenters. The highest BCUT2D eigenvalue weighted by Crippen LogP contribution is 2.32. The van der Waals surface area contributed by atoms with Crippen LogP contribution in [0.5, 0.6) is 11.5 Å². The molecule has 0 radical (unpaired) electrons. The van der Waals surface area contributed by atoms with Crippen molar-refractivity contribution in [2.45, 2.75) is 25.9 Å². The number of methoxy groups -OCH3 is 2. The molecule has 6 nitrogen and oxygen atoms in total. The van der Waals surface area contributed by atoms with Crippen LogP contribution in [0, 0.1) is 6.92 Å². The quantitative estimate of drug-likeness (QED) is 0.357. The summed E-state index contributed by atoms with van der Waals surface area (Å²) in [7, 11) is 3.14. The minimum atomic E-state index is -1.01. The minimum absolute atomic E-state index is 0.113. The maximum atomic E-state index is 11.4. The SMILES string of the molecule is COc1cc(/C=C/c2cccc(-c3ccccc3)c2C)cc(OC)c1CNC(CCO)C(=O)O. The summed E-state index contributed by atoms with van der Waals surface area (Å²) in [4.78, 5) is 11.4. The second kappa shape index (κ2) is 12.0. The van der Waals surface area contributed by atoms with Gasteiger partial charge in [0.05, 0.1) is 14.2 Å². The van der Waals surface area contributed by atoms with Crippen molar-refractivity contribution >= 4 is 18.1 Å². The molecule has 178 valence electrons. The molecular weight excluding hydrogens is 430 g/mol. The van der Waals surface area contributed by atoms with E-state index in [0.717, 1.165) is 11.1 Å². The minimum Gasteiger partial charge on any atom is -0.496 e. The smallest absolute Gasteiger partial charge is 0.320 e. The molecule has 6 heteroatoms. The fourth-order valence-corrected chi connectivity index (χ4v) is 3.89. The van der Waals surface area contributed by atoms with Gasteiger partial charge in [0.15, 0.2) is 0 Å². The van der Waals surface area contributed by atoms with Crippen molar-refractivity contribution in [3.05, 3.63) is 82.9 Å². The number of carboxylic acids is 1. The predicted octanol–water partition coefficient (Wildman–Crippen LogP) is 4.77. The van der Waals surface area contributed by atoms with Crippen molar-refractivity contribution in [3.63, 3.8) is 0 Å². The van der Waals surface area contributed by atoms with Crippen LogP contribution in [0.2, 0.25) is 0 Å². The Balaban J connectivity index is 1.88. The number of hydrogen-bond acceptors (Lipinski definition) is 5. The summed E-state index contributed by atoms with van der Waals surface area (Å²) in [5, 5.41) is 21.4. The molecule has 0 fully saturated rings. The van der Waals surface area contributed by atoms with Crippen LogP contribution in [0.25, 0.3) is 23.3 Å². The van der Waals surface area contributed by atoms with E-state index < -0.39 is 12.0 Å². The molecule has 3 aromatic rings. The van der Waals surface area contributed by atoms with Crippen LogP contribution in [0.1, 0.15) is 28.7 Å². The summed E-state index contributed by atoms with van der Waals surface area (Å²) >= 11 is 0. The second-order valence-corrected chi connectivity index (χ2v) is 7.91. The summed E-state index contributed by atoms with van der Waals surface area (Å²) in [6.07, 6.45) is 4.18. The molecule has 0 aliphatic carbocycles. The topological polar surface area (TPSA) is 88.0 Å². The Bertz CT molecular complexity index is 1120. The predicted molar refractivity (Wildman–Crippen MR) is 135 cm³/mol. The molecule has 0 saturated carbocycles. The van der Waals surface area contributed by atoms with Crippen molar-refractivity contribution in [1.82, 2.24) is 5.32 Å². The van der Waals surface area contributed by atoms with Gasteiger partial charge in [0.1, 0.15) is 17.5 Å². The molecule has 0 bridgehead atoms. The van der Waals surface area contributed by atoms with Crippen molar-refractivity contribution in [2.75, 3.05) is 20.8 Å². The number of aliphatic carboxylic acids is 1. The van der Waals surface area contributed by atoms with Crippen LogP contribution in [-0.4, -0.2) is 43.1 Å². The van der Waals surface area contributed by atoms with E-state index in [0.29, 0.717) is 17.1 Å². The number of benzene rings is 3. The lowest BCUT2D eigenvalue weighted by Gasteiger charge is -2.18. The highest BCUT2D eigenvalue weighted by molar-refractivity contribution is 5.78. The lowest BCUT2D eigenvalue weighted by Crippen LogP contribution is -2.37. The maximum Gasteiger partial charge on any atom is 0.320 e. The third-order valence-corrected chi connectivity index (χ3v) is 5.79. The van der Waals surface area contributed by atoms with Crippen LogP contribution < -0.4 is 14.8 Å². The first-order valence-electron chi connectivity index (χ1n) is 11.1. The Morgan fingerprint density at radius 1 is 1.00 bits per heavy atom. The first-order chi connectivity index (χ1) is 16.5. The maximum absolute atomic E-state index is 11.4. The third kappa shape index (κ3) is 6.04. The molecule has 1 unspecified atom stereocenters. The van der Waals surface area contributed by atoms with Gasteiger partial charge in [-0.25, -0.2) is 0 Å². The van der Waals surface area contributed by atoms with Crippen LogP contribution in [0.4, 0.5) is 0 Å². The number of hydrogen-bond donors (Lipinski definition) is 3. The van der Waals surface area contributed by atoms with Gasteiger partial charge < -0.3 is 19.7 Å². The van der Waals surface area contributed by atoms with Crippen LogP contribution in [0.15, 0.2) is 60.7 Å². The first-order valence-corrected chi connectivity index (χ1v) is 11.1. The number of aliphatic hydroxyl groups excluding tert-OH is 1. The highest BCUT2D eigenvalue weighted by Gasteiger charge is 2.19. The Morgan fingerprint density at radius 3 is 2.26 bits per heavy atom. The van der Waals surface area contributed by atoms with Crippen molar-refractivity contribution < 1.29 is 24.5 Å². The first kappa shape index (κ1) is 25.0. The molecule has 0 heterocycles. The number of carbonyl (C=O) groups is 1. The lowest BCUT2D eigenvalue weighted by molar-refractivity contribution is -0.140. The summed E-state index contributed by atoms with van der Waals surface area (Å²) in [6, 6.07) is 19.5. The van der Waals surface area contributed by atoms with E-state index in [1.54, 1.807) is 14.2 Å². The number of aliphatic hydroxyl groups is 1. The van der Waals surface area contributed by atoms with E-state index in [1.807, 2.05) is 36.4 Å². The average molecular weight is 462 g/mol. The Kier molecular flexibility index (Phi) is 8.85. The van der Waals surface area contributed by atoms with Gasteiger partial charge in [-0.15, -0.1) is 0 Å². The molecule has 0 aliphatic heterocycles. The average Bonchev–Trinajstić information content (AvgIpc) is 2.86. The summed E-state index contributed by atoms with van der Waals surface area (Å²) in [6.45, 7) is 2.13. The number of carboxylic acid groups (broad SMARTS) is 1. The van der Waals surface area contributed by atoms with Crippen molar-refractivity contribution in [3.8, 4) is 22.6 Å². The third-order valence-electron chi connectivity index (χ3n) is 5.79. The van der Waals surface area contributed by atoms with Gasteiger partial charge in [0.25, 0.3) is 0 Å². The Labute approximate surface area is 200 Å². The van der Waals surface area contributed by atoms with Gasteiger partial charge in [0.2, 0.25) is 0 Å².